The van der Waals surface area contributed by atoms with E-state index in [2.05, 4.69) is 4.98 Å². The van der Waals surface area contributed by atoms with Gasteiger partial charge in [-0.1, -0.05) is 18.2 Å². The second-order valence-electron chi connectivity index (χ2n) is 6.06. The monoisotopic (exact) mass is 356 g/mol. The van der Waals surface area contributed by atoms with Gasteiger partial charge in [-0.25, -0.2) is 4.98 Å². The van der Waals surface area contributed by atoms with Gasteiger partial charge in [0.05, 0.1) is 20.1 Å². The van der Waals surface area contributed by atoms with E-state index in [1.807, 2.05) is 18.2 Å². The molecular weight excluding hydrogens is 336 g/mol. The first-order valence-corrected chi connectivity index (χ1v) is 8.20. The van der Waals surface area contributed by atoms with Crippen molar-refractivity contribution in [1.29, 1.82) is 0 Å². The normalized spacial score (nSPS) is 19.2. The second-order valence-corrected chi connectivity index (χ2v) is 6.06. The number of carbonyl (C=O) groups excluding carboxylic acids is 1. The first-order valence-electron chi connectivity index (χ1n) is 8.20. The Morgan fingerprint density at radius 1 is 1.12 bits per heavy atom. The maximum absolute atomic E-state index is 12.9. The number of aromatic nitrogens is 1. The first kappa shape index (κ1) is 17.7. The van der Waals surface area contributed by atoms with E-state index in [0.29, 0.717) is 11.3 Å². The molecule has 1 amide bonds. The molecule has 0 radical (unpaired) electrons. The highest BCUT2D eigenvalue weighted by atomic mass is 16.5. The Bertz CT molecular complexity index is 823. The van der Waals surface area contributed by atoms with Crippen LogP contribution in [0.5, 0.6) is 11.6 Å². The fourth-order valence-corrected chi connectivity index (χ4v) is 3.39. The number of nitrogens with zero attached hydrogens (tertiary/aromatic N) is 2. The summed E-state index contributed by atoms with van der Waals surface area (Å²) in [6, 6.07) is 10.6. The maximum atomic E-state index is 12.9. The van der Waals surface area contributed by atoms with Crippen LogP contribution in [-0.4, -0.2) is 54.2 Å². The first-order chi connectivity index (χ1) is 12.6. The van der Waals surface area contributed by atoms with E-state index in [4.69, 9.17) is 9.47 Å². The summed E-state index contributed by atoms with van der Waals surface area (Å²) in [5.41, 5.74) is 1.11. The number of hydrogen-bond donors (Lipinski definition) is 1. The number of hydrogen-bond acceptors (Lipinski definition) is 5. The summed E-state index contributed by atoms with van der Waals surface area (Å²) >= 11 is 0. The topological polar surface area (TPSA) is 89.0 Å². The largest absolute Gasteiger partial charge is 0.496 e. The maximum Gasteiger partial charge on any atom is 0.308 e. The third-order valence-electron chi connectivity index (χ3n) is 4.66. The van der Waals surface area contributed by atoms with Crippen LogP contribution >= 0.6 is 0 Å². The molecule has 1 aliphatic rings. The zero-order valence-corrected chi connectivity index (χ0v) is 14.6. The van der Waals surface area contributed by atoms with Gasteiger partial charge >= 0.3 is 5.97 Å². The lowest BCUT2D eigenvalue weighted by Crippen LogP contribution is -2.30. The van der Waals surface area contributed by atoms with Crippen LogP contribution in [0.25, 0.3) is 0 Å². The van der Waals surface area contributed by atoms with Crippen LogP contribution in [0.3, 0.4) is 0 Å². The SMILES string of the molecule is COc1ccccc1[C@H]1CN(C(=O)c2cccnc2OC)C[C@@H]1C(=O)O. The number of methoxy groups -OCH3 is 2. The number of rotatable bonds is 5. The van der Waals surface area contributed by atoms with Crippen molar-refractivity contribution in [3.63, 3.8) is 0 Å². The molecule has 2 atom stereocenters. The van der Waals surface area contributed by atoms with Gasteiger partial charge in [0.15, 0.2) is 0 Å². The number of amides is 1. The lowest BCUT2D eigenvalue weighted by molar-refractivity contribution is -0.141. The molecule has 0 spiro atoms. The minimum absolute atomic E-state index is 0.120. The molecule has 0 aliphatic carbocycles. The van der Waals surface area contributed by atoms with Gasteiger partial charge in [0, 0.05) is 25.2 Å². The van der Waals surface area contributed by atoms with Crippen molar-refractivity contribution in [2.45, 2.75) is 5.92 Å². The van der Waals surface area contributed by atoms with Crippen molar-refractivity contribution in [2.75, 3.05) is 27.3 Å². The Kier molecular flexibility index (Phi) is 5.06. The fourth-order valence-electron chi connectivity index (χ4n) is 3.39. The number of benzene rings is 1. The molecule has 2 aromatic rings. The Morgan fingerprint density at radius 3 is 2.58 bits per heavy atom. The van der Waals surface area contributed by atoms with Crippen LogP contribution in [-0.2, 0) is 4.79 Å². The molecule has 1 aromatic heterocycles. The molecule has 1 aliphatic heterocycles. The van der Waals surface area contributed by atoms with E-state index in [1.165, 1.54) is 18.2 Å². The molecule has 3 rings (SSSR count). The number of likely N-dealkylation sites (tertiary alicyclic amines) is 1. The summed E-state index contributed by atoms with van der Waals surface area (Å²) in [5.74, 6) is -1.44. The molecule has 7 nitrogen and oxygen atoms in total. The van der Waals surface area contributed by atoms with Gasteiger partial charge in [-0.3, -0.25) is 9.59 Å². The third-order valence-corrected chi connectivity index (χ3v) is 4.66. The number of aliphatic carboxylic acids is 1. The van der Waals surface area contributed by atoms with E-state index in [-0.39, 0.29) is 30.8 Å². The summed E-state index contributed by atoms with van der Waals surface area (Å²) in [4.78, 5) is 30.3. The summed E-state index contributed by atoms with van der Waals surface area (Å²) in [5, 5.41) is 9.66. The standard InChI is InChI=1S/C19H20N2O5/c1-25-16-8-4-3-6-12(16)14-10-21(11-15(14)19(23)24)18(22)13-7-5-9-20-17(13)26-2/h3-9,14-15H,10-11H2,1-2H3,(H,23,24)/t14-,15+/m1/s1. The third kappa shape index (κ3) is 3.20. The number of carbonyl (C=O) groups is 2. The summed E-state index contributed by atoms with van der Waals surface area (Å²) in [6.07, 6.45) is 1.54. The number of pyridine rings is 1. The number of ether oxygens (including phenoxy) is 2. The molecule has 1 saturated heterocycles. The van der Waals surface area contributed by atoms with Crippen molar-refractivity contribution in [3.05, 3.63) is 53.7 Å². The fraction of sp³-hybridized carbons (Fsp3) is 0.316. The molecule has 0 saturated carbocycles. The number of carboxylic acids is 1. The Labute approximate surface area is 151 Å². The highest BCUT2D eigenvalue weighted by Gasteiger charge is 2.42. The van der Waals surface area contributed by atoms with Crippen LogP contribution < -0.4 is 9.47 Å². The van der Waals surface area contributed by atoms with E-state index in [0.717, 1.165) is 5.56 Å². The van der Waals surface area contributed by atoms with E-state index in [9.17, 15) is 14.7 Å². The van der Waals surface area contributed by atoms with Crippen LogP contribution in [0.2, 0.25) is 0 Å². The second kappa shape index (κ2) is 7.43. The summed E-state index contributed by atoms with van der Waals surface area (Å²) in [7, 11) is 2.99. The molecule has 7 heteroatoms. The average Bonchev–Trinajstić information content (AvgIpc) is 3.13. The van der Waals surface area contributed by atoms with Crippen LogP contribution in [0.1, 0.15) is 21.8 Å². The summed E-state index contributed by atoms with van der Waals surface area (Å²) in [6.45, 7) is 0.406. The van der Waals surface area contributed by atoms with Crippen LogP contribution in [0.15, 0.2) is 42.6 Å². The smallest absolute Gasteiger partial charge is 0.308 e. The van der Waals surface area contributed by atoms with E-state index < -0.39 is 11.9 Å². The zero-order valence-electron chi connectivity index (χ0n) is 14.6. The molecule has 0 unspecified atom stereocenters. The quantitative estimate of drug-likeness (QED) is 0.882. The van der Waals surface area contributed by atoms with Gasteiger partial charge in [0.25, 0.3) is 5.91 Å². The Hall–Kier alpha value is -3.09. The van der Waals surface area contributed by atoms with Gasteiger partial charge in [0.1, 0.15) is 11.3 Å². The highest BCUT2D eigenvalue weighted by Crippen LogP contribution is 2.38. The molecule has 0 bridgehead atoms. The van der Waals surface area contributed by atoms with Crippen molar-refractivity contribution in [3.8, 4) is 11.6 Å². The zero-order chi connectivity index (χ0) is 18.7. The molecule has 136 valence electrons. The number of carboxylic acid groups (broad SMARTS) is 1. The van der Waals surface area contributed by atoms with Gasteiger partial charge < -0.3 is 19.5 Å². The van der Waals surface area contributed by atoms with Crippen molar-refractivity contribution < 1.29 is 24.2 Å². The molecule has 2 heterocycles. The van der Waals surface area contributed by atoms with Crippen molar-refractivity contribution in [1.82, 2.24) is 9.88 Å². The minimum Gasteiger partial charge on any atom is -0.496 e. The molecule has 1 fully saturated rings. The average molecular weight is 356 g/mol. The van der Waals surface area contributed by atoms with Gasteiger partial charge in [0.2, 0.25) is 5.88 Å². The number of para-hydroxylation sites is 1. The lowest BCUT2D eigenvalue weighted by Gasteiger charge is -2.19. The van der Waals surface area contributed by atoms with Gasteiger partial charge in [-0.15, -0.1) is 0 Å². The van der Waals surface area contributed by atoms with Gasteiger partial charge in [-0.05, 0) is 23.8 Å². The predicted octanol–water partition coefficient (Wildman–Crippen LogP) is 2.04. The Morgan fingerprint density at radius 2 is 1.88 bits per heavy atom. The van der Waals surface area contributed by atoms with Crippen LogP contribution in [0.4, 0.5) is 0 Å². The van der Waals surface area contributed by atoms with Crippen LogP contribution in [0, 0.1) is 5.92 Å². The lowest BCUT2D eigenvalue weighted by atomic mass is 9.88. The van der Waals surface area contributed by atoms with Gasteiger partial charge in [-0.2, -0.15) is 0 Å². The Balaban J connectivity index is 1.92. The van der Waals surface area contributed by atoms with Crippen molar-refractivity contribution >= 4 is 11.9 Å². The molecular formula is C19H20N2O5. The van der Waals surface area contributed by atoms with E-state index in [1.54, 1.807) is 25.3 Å². The highest BCUT2D eigenvalue weighted by molar-refractivity contribution is 5.97. The molecule has 1 N–H and O–H groups in total. The van der Waals surface area contributed by atoms with Crippen molar-refractivity contribution in [2.24, 2.45) is 5.92 Å². The molecule has 1 aromatic carbocycles. The summed E-state index contributed by atoms with van der Waals surface area (Å²) < 4.78 is 10.5. The minimum atomic E-state index is -0.936. The molecule has 26 heavy (non-hydrogen) atoms. The van der Waals surface area contributed by atoms with E-state index >= 15 is 0 Å². The predicted molar refractivity (Wildman–Crippen MR) is 93.6 cm³/mol.